The van der Waals surface area contributed by atoms with E-state index in [1.54, 1.807) is 29.8 Å². The number of carbonyl (C=O) groups is 2. The zero-order chi connectivity index (χ0) is 19.9. The molecule has 2 aromatic carbocycles. The summed E-state index contributed by atoms with van der Waals surface area (Å²) in [6.45, 7) is 4.35. The topological polar surface area (TPSA) is 80.3 Å². The van der Waals surface area contributed by atoms with Gasteiger partial charge in [-0.2, -0.15) is 0 Å². The highest BCUT2D eigenvalue weighted by atomic mass is 32.1. The van der Waals surface area contributed by atoms with Gasteiger partial charge in [0.2, 0.25) is 5.91 Å². The maximum atomic E-state index is 12.4. The normalized spacial score (nSPS) is 10.4. The Kier molecular flexibility index (Phi) is 6.39. The lowest BCUT2D eigenvalue weighted by Crippen LogP contribution is -2.16. The lowest BCUT2D eigenvalue weighted by molar-refractivity contribution is -0.115. The van der Waals surface area contributed by atoms with Crippen molar-refractivity contribution in [3.05, 3.63) is 70.7 Å². The number of benzene rings is 2. The lowest BCUT2D eigenvalue weighted by atomic mass is 10.1. The van der Waals surface area contributed by atoms with Gasteiger partial charge in [0, 0.05) is 22.8 Å². The van der Waals surface area contributed by atoms with E-state index in [2.05, 4.69) is 15.6 Å². The first-order chi connectivity index (χ1) is 13.5. The highest BCUT2D eigenvalue weighted by Crippen LogP contribution is 2.20. The molecule has 0 spiro atoms. The highest BCUT2D eigenvalue weighted by molar-refractivity contribution is 7.13. The van der Waals surface area contributed by atoms with Crippen molar-refractivity contribution in [1.29, 1.82) is 0 Å². The standard InChI is InChI=1S/C21H21N3O3S/c1-3-27-17-6-4-5-15(12-17)13-19(25)23-18-8-7-16(11-14(18)2)20(26)24-21-22-9-10-28-21/h4-12H,3,13H2,1-2H3,(H,23,25)(H,22,24,26). The molecule has 0 atom stereocenters. The third kappa shape index (κ3) is 5.17. The molecular formula is C21H21N3O3S. The van der Waals surface area contributed by atoms with Crippen LogP contribution < -0.4 is 15.4 Å². The van der Waals surface area contributed by atoms with E-state index in [4.69, 9.17) is 4.74 Å². The van der Waals surface area contributed by atoms with Gasteiger partial charge in [-0.3, -0.25) is 14.9 Å². The number of nitrogens with one attached hydrogen (secondary N) is 2. The molecule has 0 unspecified atom stereocenters. The molecule has 0 radical (unpaired) electrons. The fourth-order valence-electron chi connectivity index (χ4n) is 2.69. The molecule has 7 heteroatoms. The van der Waals surface area contributed by atoms with E-state index in [1.807, 2.05) is 38.1 Å². The molecule has 1 aromatic heterocycles. The minimum atomic E-state index is -0.233. The van der Waals surface area contributed by atoms with Crippen molar-refractivity contribution in [2.24, 2.45) is 0 Å². The number of amides is 2. The van der Waals surface area contributed by atoms with E-state index < -0.39 is 0 Å². The van der Waals surface area contributed by atoms with Gasteiger partial charge in [0.25, 0.3) is 5.91 Å². The van der Waals surface area contributed by atoms with Crippen LogP contribution in [0.5, 0.6) is 5.75 Å². The van der Waals surface area contributed by atoms with Crippen LogP contribution in [0.15, 0.2) is 54.0 Å². The third-order valence-electron chi connectivity index (χ3n) is 3.99. The molecule has 0 fully saturated rings. The number of nitrogens with zero attached hydrogens (tertiary/aromatic N) is 1. The molecule has 6 nitrogen and oxygen atoms in total. The van der Waals surface area contributed by atoms with Crippen LogP contribution in [0, 0.1) is 6.92 Å². The van der Waals surface area contributed by atoms with Gasteiger partial charge in [-0.05, 0) is 55.3 Å². The number of rotatable bonds is 7. The predicted molar refractivity (Wildman–Crippen MR) is 111 cm³/mol. The number of anilines is 2. The van der Waals surface area contributed by atoms with Crippen LogP contribution in [-0.4, -0.2) is 23.4 Å². The molecule has 0 aliphatic rings. The first-order valence-electron chi connectivity index (χ1n) is 8.88. The van der Waals surface area contributed by atoms with Crippen LogP contribution in [-0.2, 0) is 11.2 Å². The van der Waals surface area contributed by atoms with Crippen LogP contribution in [0.25, 0.3) is 0 Å². The molecule has 0 aliphatic heterocycles. The highest BCUT2D eigenvalue weighted by Gasteiger charge is 2.11. The Hall–Kier alpha value is -3.19. The zero-order valence-corrected chi connectivity index (χ0v) is 16.5. The van der Waals surface area contributed by atoms with Gasteiger partial charge in [0.1, 0.15) is 5.75 Å². The average molecular weight is 395 g/mol. The fraction of sp³-hybridized carbons (Fsp3) is 0.190. The Morgan fingerprint density at radius 1 is 1.14 bits per heavy atom. The first kappa shape index (κ1) is 19.6. The summed E-state index contributed by atoms with van der Waals surface area (Å²) in [5.74, 6) is 0.389. The number of aryl methyl sites for hydroxylation is 1. The van der Waals surface area contributed by atoms with E-state index in [-0.39, 0.29) is 18.2 Å². The molecular weight excluding hydrogens is 374 g/mol. The van der Waals surface area contributed by atoms with E-state index in [0.29, 0.717) is 23.0 Å². The van der Waals surface area contributed by atoms with Crippen molar-refractivity contribution in [2.45, 2.75) is 20.3 Å². The number of thiazole rings is 1. The van der Waals surface area contributed by atoms with Gasteiger partial charge in [-0.25, -0.2) is 4.98 Å². The van der Waals surface area contributed by atoms with Crippen LogP contribution in [0.2, 0.25) is 0 Å². The summed E-state index contributed by atoms with van der Waals surface area (Å²) < 4.78 is 5.47. The Morgan fingerprint density at radius 3 is 2.71 bits per heavy atom. The quantitative estimate of drug-likeness (QED) is 0.626. The minimum absolute atomic E-state index is 0.128. The number of aromatic nitrogens is 1. The van der Waals surface area contributed by atoms with Crippen molar-refractivity contribution >= 4 is 34.0 Å². The van der Waals surface area contributed by atoms with Gasteiger partial charge < -0.3 is 10.1 Å². The Labute approximate surface area is 167 Å². The summed E-state index contributed by atoms with van der Waals surface area (Å²) in [5.41, 5.74) is 2.87. The van der Waals surface area contributed by atoms with Crippen molar-refractivity contribution in [2.75, 3.05) is 17.2 Å². The molecule has 28 heavy (non-hydrogen) atoms. The molecule has 3 rings (SSSR count). The van der Waals surface area contributed by atoms with Gasteiger partial charge in [0.05, 0.1) is 13.0 Å². The smallest absolute Gasteiger partial charge is 0.257 e. The Bertz CT molecular complexity index is 971. The maximum Gasteiger partial charge on any atom is 0.257 e. The SMILES string of the molecule is CCOc1cccc(CC(=O)Nc2ccc(C(=O)Nc3nccs3)cc2C)c1. The van der Waals surface area contributed by atoms with Crippen molar-refractivity contribution < 1.29 is 14.3 Å². The summed E-state index contributed by atoms with van der Waals surface area (Å²) >= 11 is 1.36. The second-order valence-electron chi connectivity index (χ2n) is 6.13. The number of hydrogen-bond acceptors (Lipinski definition) is 5. The van der Waals surface area contributed by atoms with Crippen LogP contribution in [0.4, 0.5) is 10.8 Å². The van der Waals surface area contributed by atoms with Crippen molar-refractivity contribution in [3.63, 3.8) is 0 Å². The summed E-state index contributed by atoms with van der Waals surface area (Å²) in [5, 5.41) is 7.99. The lowest BCUT2D eigenvalue weighted by Gasteiger charge is -2.11. The molecule has 0 saturated carbocycles. The number of ether oxygens (including phenoxy) is 1. The first-order valence-corrected chi connectivity index (χ1v) is 9.76. The van der Waals surface area contributed by atoms with Gasteiger partial charge in [-0.15, -0.1) is 11.3 Å². The molecule has 0 bridgehead atoms. The third-order valence-corrected chi connectivity index (χ3v) is 4.68. The molecule has 0 aliphatic carbocycles. The predicted octanol–water partition coefficient (Wildman–Crippen LogP) is 4.28. The summed E-state index contributed by atoms with van der Waals surface area (Å²) in [7, 11) is 0. The minimum Gasteiger partial charge on any atom is -0.494 e. The maximum absolute atomic E-state index is 12.4. The number of hydrogen-bond donors (Lipinski definition) is 2. The van der Waals surface area contributed by atoms with Crippen molar-refractivity contribution in [1.82, 2.24) is 4.98 Å². The van der Waals surface area contributed by atoms with Gasteiger partial charge in [-0.1, -0.05) is 12.1 Å². The van der Waals surface area contributed by atoms with Gasteiger partial charge in [0.15, 0.2) is 5.13 Å². The largest absolute Gasteiger partial charge is 0.494 e. The molecule has 2 amide bonds. The molecule has 0 saturated heterocycles. The Balaban J connectivity index is 1.63. The Morgan fingerprint density at radius 2 is 2.00 bits per heavy atom. The second kappa shape index (κ2) is 9.14. The monoisotopic (exact) mass is 395 g/mol. The van der Waals surface area contributed by atoms with Crippen LogP contribution in [0.1, 0.15) is 28.4 Å². The summed E-state index contributed by atoms with van der Waals surface area (Å²) in [6.07, 6.45) is 1.88. The van der Waals surface area contributed by atoms with E-state index in [1.165, 1.54) is 11.3 Å². The van der Waals surface area contributed by atoms with Gasteiger partial charge >= 0.3 is 0 Å². The van der Waals surface area contributed by atoms with E-state index in [9.17, 15) is 9.59 Å². The van der Waals surface area contributed by atoms with E-state index >= 15 is 0 Å². The van der Waals surface area contributed by atoms with Crippen molar-refractivity contribution in [3.8, 4) is 5.75 Å². The average Bonchev–Trinajstić information content (AvgIpc) is 3.17. The second-order valence-corrected chi connectivity index (χ2v) is 7.02. The summed E-state index contributed by atoms with van der Waals surface area (Å²) in [4.78, 5) is 28.7. The number of carbonyl (C=O) groups excluding carboxylic acids is 2. The summed E-state index contributed by atoms with van der Waals surface area (Å²) in [6, 6.07) is 12.7. The zero-order valence-electron chi connectivity index (χ0n) is 15.7. The van der Waals surface area contributed by atoms with Crippen LogP contribution >= 0.6 is 11.3 Å². The molecule has 144 valence electrons. The molecule has 1 heterocycles. The van der Waals surface area contributed by atoms with Crippen LogP contribution in [0.3, 0.4) is 0 Å². The fourth-order valence-corrected chi connectivity index (χ4v) is 3.22. The molecule has 3 aromatic rings. The molecule has 2 N–H and O–H groups in total. The van der Waals surface area contributed by atoms with E-state index in [0.717, 1.165) is 16.9 Å².